The molecule has 6 heteroatoms. The van der Waals surface area contributed by atoms with Gasteiger partial charge in [-0.15, -0.1) is 0 Å². The predicted molar refractivity (Wildman–Crippen MR) is 355 cm³/mol. The SMILES string of the molecule is C=c1/c(=C\c2c(C)n3c4ccccc4c4c(-c5cccc(N(c6ccccc6)c6cccc7c6oc6ccccc67)c5)ccc2c43)n2c3ccccc3c3c(-c4cccc(N(c5ccccc5)c5cccc6c5oc5ccccc56)c4)ccc1c32. The first-order valence-corrected chi connectivity index (χ1v) is 29.0. The van der Waals surface area contributed by atoms with Crippen molar-refractivity contribution in [3.05, 3.63) is 289 Å². The van der Waals surface area contributed by atoms with Crippen molar-refractivity contribution in [3.63, 3.8) is 0 Å². The number of rotatable bonds is 9. The Morgan fingerprint density at radius 3 is 1.33 bits per heavy atom. The Hall–Kier alpha value is -11.3. The van der Waals surface area contributed by atoms with E-state index in [1.807, 2.05) is 12.1 Å². The number of hydrogen-bond donors (Lipinski definition) is 0. The van der Waals surface area contributed by atoms with Crippen LogP contribution < -0.4 is 20.4 Å². The molecule has 0 amide bonds. The highest BCUT2D eigenvalue weighted by Gasteiger charge is 2.26. The fraction of sp³-hybridized carbons (Fsp3) is 0.0127. The van der Waals surface area contributed by atoms with Gasteiger partial charge in [-0.05, 0) is 120 Å². The van der Waals surface area contributed by atoms with Gasteiger partial charge in [-0.1, -0.05) is 189 Å². The zero-order valence-electron chi connectivity index (χ0n) is 46.3. The number of furan rings is 2. The predicted octanol–water partition coefficient (Wildman–Crippen LogP) is 20.3. The number of aromatic nitrogens is 2. The third kappa shape index (κ3) is 6.82. The molecule has 0 saturated carbocycles. The molecule has 0 bridgehead atoms. The summed E-state index contributed by atoms with van der Waals surface area (Å²) in [4.78, 5) is 4.66. The minimum absolute atomic E-state index is 0.854. The highest BCUT2D eigenvalue weighted by Crippen LogP contribution is 2.48. The van der Waals surface area contributed by atoms with E-state index in [4.69, 9.17) is 15.4 Å². The highest BCUT2D eigenvalue weighted by molar-refractivity contribution is 6.23. The quantitative estimate of drug-likeness (QED) is 0.144. The summed E-state index contributed by atoms with van der Waals surface area (Å²) in [6.45, 7) is 7.19. The Kier molecular flexibility index (Phi) is 10.1. The Labute approximate surface area is 487 Å². The molecule has 0 aliphatic heterocycles. The molecule has 0 fully saturated rings. The number of hydrogen-bond acceptors (Lipinski definition) is 4. The van der Waals surface area contributed by atoms with E-state index in [1.54, 1.807) is 0 Å². The van der Waals surface area contributed by atoms with Gasteiger partial charge in [-0.2, -0.15) is 0 Å². The van der Waals surface area contributed by atoms with Gasteiger partial charge in [0.2, 0.25) is 0 Å². The van der Waals surface area contributed by atoms with Crippen molar-refractivity contribution in [2.45, 2.75) is 6.92 Å². The zero-order valence-corrected chi connectivity index (χ0v) is 46.3. The number of fused-ring (bicyclic) bond motifs is 12. The van der Waals surface area contributed by atoms with E-state index in [9.17, 15) is 0 Å². The van der Waals surface area contributed by atoms with E-state index >= 15 is 0 Å². The van der Waals surface area contributed by atoms with E-state index in [2.05, 4.69) is 286 Å². The third-order valence-corrected chi connectivity index (χ3v) is 17.9. The van der Waals surface area contributed by atoms with Crippen LogP contribution in [-0.4, -0.2) is 8.80 Å². The van der Waals surface area contributed by atoms with Gasteiger partial charge in [0.15, 0.2) is 11.2 Å². The van der Waals surface area contributed by atoms with Crippen molar-refractivity contribution in [2.24, 2.45) is 0 Å². The van der Waals surface area contributed by atoms with E-state index in [-0.39, 0.29) is 0 Å². The summed E-state index contributed by atoms with van der Waals surface area (Å²) >= 11 is 0. The summed E-state index contributed by atoms with van der Waals surface area (Å²) < 4.78 is 18.3. The van der Waals surface area contributed by atoms with Gasteiger partial charge >= 0.3 is 0 Å². The summed E-state index contributed by atoms with van der Waals surface area (Å²) in [5.74, 6) is 0. The summed E-state index contributed by atoms with van der Waals surface area (Å²) in [7, 11) is 0. The molecule has 18 aromatic rings. The van der Waals surface area contributed by atoms with Crippen LogP contribution in [-0.2, 0) is 0 Å². The maximum atomic E-state index is 6.69. The minimum atomic E-state index is 0.854. The van der Waals surface area contributed by atoms with Crippen LogP contribution in [0.4, 0.5) is 34.1 Å². The van der Waals surface area contributed by atoms with Crippen LogP contribution in [0, 0.1) is 6.92 Å². The van der Waals surface area contributed by atoms with Crippen molar-refractivity contribution in [2.75, 3.05) is 9.80 Å². The molecule has 85 heavy (non-hydrogen) atoms. The molecule has 398 valence electrons. The molecule has 0 aliphatic rings. The summed E-state index contributed by atoms with van der Waals surface area (Å²) in [5.41, 5.74) is 21.3. The second kappa shape index (κ2) is 18.1. The van der Waals surface area contributed by atoms with Crippen LogP contribution in [0.25, 0.3) is 133 Å². The van der Waals surface area contributed by atoms with Crippen molar-refractivity contribution in [1.29, 1.82) is 0 Å². The molecule has 12 aromatic carbocycles. The standard InChI is InChI=1S/C79H50N4O2/c1-48-56-41-42-57(50-21-17-27-54(45-50)81(52-23-5-3-6-24-52)69-37-19-33-62-59-29-11-15-39-72(59)84-78(62)69)74-65-32-10-14-36-68(65)83(76(56)74)71(48)47-66-49(2)80-67-35-13-9-31-64(67)75-58(43-44-61(66)77(75)80)51-22-18-28-55(46-51)82(53-25-7-4-8-26-53)70-38-20-34-63-60-30-12-16-40-73(60)85-79(63)70/h3-47H,1H2,2H3/b71-47+. The molecule has 0 atom stereocenters. The molecule has 0 N–H and O–H groups in total. The Bertz CT molecular complexity index is 5850. The Balaban J connectivity index is 0.805. The molecule has 0 aliphatic carbocycles. The van der Waals surface area contributed by atoms with Crippen LogP contribution in [0.5, 0.6) is 0 Å². The second-order valence-corrected chi connectivity index (χ2v) is 22.4. The fourth-order valence-electron chi connectivity index (χ4n) is 14.2. The molecule has 6 aromatic heterocycles. The average molecular weight is 1090 g/mol. The van der Waals surface area contributed by atoms with Crippen LogP contribution in [0.1, 0.15) is 11.3 Å². The summed E-state index contributed by atoms with van der Waals surface area (Å²) in [5, 5.41) is 13.7. The lowest BCUT2D eigenvalue weighted by molar-refractivity contribution is 0.668. The fourth-order valence-corrected chi connectivity index (χ4v) is 14.2. The maximum absolute atomic E-state index is 6.69. The topological polar surface area (TPSA) is 41.6 Å². The number of anilines is 6. The largest absolute Gasteiger partial charge is 0.454 e. The van der Waals surface area contributed by atoms with Gasteiger partial charge < -0.3 is 27.4 Å². The molecule has 0 unspecified atom stereocenters. The van der Waals surface area contributed by atoms with Crippen molar-refractivity contribution in [1.82, 2.24) is 8.80 Å². The Morgan fingerprint density at radius 2 is 0.788 bits per heavy atom. The molecule has 0 spiro atoms. The minimum Gasteiger partial charge on any atom is -0.454 e. The first-order chi connectivity index (χ1) is 42.0. The number of aryl methyl sites for hydroxylation is 1. The number of benzene rings is 12. The molecule has 6 heterocycles. The van der Waals surface area contributed by atoms with E-state index < -0.39 is 0 Å². The van der Waals surface area contributed by atoms with Crippen molar-refractivity contribution in [3.8, 4) is 22.3 Å². The number of para-hydroxylation sites is 8. The molecule has 6 nitrogen and oxygen atoms in total. The van der Waals surface area contributed by atoms with Crippen LogP contribution in [0.3, 0.4) is 0 Å². The van der Waals surface area contributed by atoms with Gasteiger partial charge in [0.05, 0.1) is 38.8 Å². The van der Waals surface area contributed by atoms with Gasteiger partial charge in [0, 0.05) is 93.1 Å². The molecule has 18 rings (SSSR count). The lowest BCUT2D eigenvalue weighted by Gasteiger charge is -2.26. The maximum Gasteiger partial charge on any atom is 0.159 e. The average Bonchev–Trinajstić information content (AvgIpc) is 2.12. The monoisotopic (exact) mass is 1090 g/mol. The van der Waals surface area contributed by atoms with E-state index in [0.717, 1.165) is 116 Å². The first kappa shape index (κ1) is 47.3. The van der Waals surface area contributed by atoms with Gasteiger partial charge in [0.25, 0.3) is 0 Å². The lowest BCUT2D eigenvalue weighted by Crippen LogP contribution is -2.24. The third-order valence-electron chi connectivity index (χ3n) is 17.9. The van der Waals surface area contributed by atoms with Crippen molar-refractivity contribution >= 4 is 145 Å². The normalized spacial score (nSPS) is 12.4. The molecular formula is C79H50N4O2. The zero-order chi connectivity index (χ0) is 56.0. The Morgan fingerprint density at radius 1 is 0.365 bits per heavy atom. The van der Waals surface area contributed by atoms with E-state index in [0.29, 0.717) is 0 Å². The lowest BCUT2D eigenvalue weighted by atomic mass is 9.96. The van der Waals surface area contributed by atoms with Crippen LogP contribution >= 0.6 is 0 Å². The van der Waals surface area contributed by atoms with E-state index in [1.165, 1.54) is 60.3 Å². The smallest absolute Gasteiger partial charge is 0.159 e. The molecule has 0 saturated heterocycles. The summed E-state index contributed by atoms with van der Waals surface area (Å²) in [6.07, 6.45) is 2.41. The van der Waals surface area contributed by atoms with Gasteiger partial charge in [-0.25, -0.2) is 0 Å². The number of nitrogens with zero attached hydrogens (tertiary/aromatic N) is 4. The molecular weight excluding hydrogens is 1040 g/mol. The highest BCUT2D eigenvalue weighted by atomic mass is 16.3. The molecule has 0 radical (unpaired) electrons. The van der Waals surface area contributed by atoms with Gasteiger partial charge in [-0.3, -0.25) is 0 Å². The first-order valence-electron chi connectivity index (χ1n) is 29.0. The van der Waals surface area contributed by atoms with Crippen LogP contribution in [0.15, 0.2) is 276 Å². The van der Waals surface area contributed by atoms with Crippen molar-refractivity contribution < 1.29 is 8.83 Å². The summed E-state index contributed by atoms with van der Waals surface area (Å²) in [6, 6.07) is 95.8. The van der Waals surface area contributed by atoms with Gasteiger partial charge in [0.1, 0.15) is 11.2 Å². The second-order valence-electron chi connectivity index (χ2n) is 22.4. The van der Waals surface area contributed by atoms with Crippen LogP contribution in [0.2, 0.25) is 0 Å².